The second kappa shape index (κ2) is 8.35. The van der Waals surface area contributed by atoms with Gasteiger partial charge in [0.05, 0.1) is 30.8 Å². The summed E-state index contributed by atoms with van der Waals surface area (Å²) in [6.07, 6.45) is 3.36. The van der Waals surface area contributed by atoms with Crippen molar-refractivity contribution >= 4 is 22.5 Å². The third-order valence-corrected chi connectivity index (χ3v) is 6.18. The molecule has 2 heterocycles. The molecule has 0 radical (unpaired) electrons. The number of fused-ring (bicyclic) bond motifs is 1. The van der Waals surface area contributed by atoms with Gasteiger partial charge in [0.15, 0.2) is 5.60 Å². The Morgan fingerprint density at radius 3 is 2.33 bits per heavy atom. The van der Waals surface area contributed by atoms with Gasteiger partial charge in [-0.3, -0.25) is 0 Å². The van der Waals surface area contributed by atoms with Crippen molar-refractivity contribution in [2.24, 2.45) is 7.05 Å². The van der Waals surface area contributed by atoms with Crippen LogP contribution in [-0.2, 0) is 12.6 Å². The molecule has 0 aliphatic rings. The molecule has 1 atom stereocenters. The average molecular weight is 456 g/mol. The first kappa shape index (κ1) is 21.2. The summed E-state index contributed by atoms with van der Waals surface area (Å²) < 4.78 is 7.40. The molecule has 0 aliphatic carbocycles. The van der Waals surface area contributed by atoms with E-state index in [0.717, 1.165) is 22.0 Å². The SMILES string of the molecule is COc1nc2ccc(C(O)(c3ccc(Cl)cc3)c3cncn3C)cc2cc1-c1ccccc1. The molecule has 5 rings (SSSR count). The number of hydrogen-bond acceptors (Lipinski definition) is 4. The fraction of sp³-hybridized carbons (Fsp3) is 0.111. The number of benzene rings is 3. The van der Waals surface area contributed by atoms with E-state index in [0.29, 0.717) is 27.7 Å². The van der Waals surface area contributed by atoms with E-state index >= 15 is 0 Å². The maximum atomic E-state index is 12.2. The minimum Gasteiger partial charge on any atom is -0.481 e. The maximum Gasteiger partial charge on any atom is 0.221 e. The van der Waals surface area contributed by atoms with Gasteiger partial charge >= 0.3 is 0 Å². The first-order valence-corrected chi connectivity index (χ1v) is 10.9. The van der Waals surface area contributed by atoms with Crippen molar-refractivity contribution in [3.63, 3.8) is 0 Å². The molecule has 164 valence electrons. The predicted octanol–water partition coefficient (Wildman–Crippen LogP) is 5.58. The van der Waals surface area contributed by atoms with Crippen LogP contribution in [0, 0.1) is 0 Å². The van der Waals surface area contributed by atoms with Crippen molar-refractivity contribution < 1.29 is 9.84 Å². The van der Waals surface area contributed by atoms with Crippen molar-refractivity contribution in [3.8, 4) is 17.0 Å². The zero-order chi connectivity index (χ0) is 23.0. The fourth-order valence-electron chi connectivity index (χ4n) is 4.22. The molecule has 0 saturated carbocycles. The van der Waals surface area contributed by atoms with Crippen LogP contribution in [0.5, 0.6) is 5.88 Å². The summed E-state index contributed by atoms with van der Waals surface area (Å²) in [7, 11) is 3.49. The Bertz CT molecular complexity index is 1430. The van der Waals surface area contributed by atoms with Gasteiger partial charge in [0.1, 0.15) is 0 Å². The van der Waals surface area contributed by atoms with Gasteiger partial charge in [-0.1, -0.05) is 60.1 Å². The monoisotopic (exact) mass is 455 g/mol. The number of halogens is 1. The average Bonchev–Trinajstić information content (AvgIpc) is 3.29. The number of imidazole rings is 1. The first-order valence-electron chi connectivity index (χ1n) is 10.5. The van der Waals surface area contributed by atoms with Gasteiger partial charge in [0.2, 0.25) is 5.88 Å². The Morgan fingerprint density at radius 2 is 1.67 bits per heavy atom. The Morgan fingerprint density at radius 1 is 0.939 bits per heavy atom. The molecule has 5 aromatic rings. The van der Waals surface area contributed by atoms with Crippen molar-refractivity contribution in [2.75, 3.05) is 7.11 Å². The van der Waals surface area contributed by atoms with E-state index in [1.807, 2.05) is 78.3 Å². The highest BCUT2D eigenvalue weighted by molar-refractivity contribution is 6.30. The molecular weight excluding hydrogens is 434 g/mol. The zero-order valence-corrected chi connectivity index (χ0v) is 19.0. The van der Waals surface area contributed by atoms with E-state index in [2.05, 4.69) is 4.98 Å². The lowest BCUT2D eigenvalue weighted by Crippen LogP contribution is -2.31. The molecule has 1 N–H and O–H groups in total. The molecule has 0 spiro atoms. The summed E-state index contributed by atoms with van der Waals surface area (Å²) in [5, 5.41) is 13.7. The third kappa shape index (κ3) is 3.65. The molecule has 0 fully saturated rings. The Labute approximate surface area is 196 Å². The van der Waals surface area contributed by atoms with Gasteiger partial charge in [-0.15, -0.1) is 0 Å². The lowest BCUT2D eigenvalue weighted by Gasteiger charge is -2.30. The van der Waals surface area contributed by atoms with Crippen molar-refractivity contribution in [2.45, 2.75) is 5.60 Å². The largest absolute Gasteiger partial charge is 0.481 e. The van der Waals surface area contributed by atoms with E-state index in [4.69, 9.17) is 21.3 Å². The van der Waals surface area contributed by atoms with E-state index < -0.39 is 5.60 Å². The highest BCUT2D eigenvalue weighted by Gasteiger charge is 2.36. The minimum atomic E-state index is -1.43. The summed E-state index contributed by atoms with van der Waals surface area (Å²) >= 11 is 6.13. The lowest BCUT2D eigenvalue weighted by molar-refractivity contribution is 0.117. The van der Waals surface area contributed by atoms with Crippen LogP contribution in [0.2, 0.25) is 5.02 Å². The van der Waals surface area contributed by atoms with Gasteiger partial charge in [0, 0.05) is 23.0 Å². The Balaban J connectivity index is 1.74. The number of methoxy groups -OCH3 is 1. The highest BCUT2D eigenvalue weighted by Crippen LogP contribution is 2.39. The third-order valence-electron chi connectivity index (χ3n) is 5.93. The normalized spacial score (nSPS) is 13.1. The molecule has 3 aromatic carbocycles. The number of aryl methyl sites for hydroxylation is 1. The highest BCUT2D eigenvalue weighted by atomic mass is 35.5. The molecule has 6 heteroatoms. The van der Waals surface area contributed by atoms with Crippen LogP contribution in [0.3, 0.4) is 0 Å². The Hall–Kier alpha value is -3.67. The molecule has 0 bridgehead atoms. The van der Waals surface area contributed by atoms with E-state index in [9.17, 15) is 5.11 Å². The summed E-state index contributed by atoms with van der Waals surface area (Å²) in [6.45, 7) is 0. The fourth-order valence-corrected chi connectivity index (χ4v) is 4.35. The van der Waals surface area contributed by atoms with Gasteiger partial charge in [-0.25, -0.2) is 9.97 Å². The Kier molecular flexibility index (Phi) is 5.36. The van der Waals surface area contributed by atoms with E-state index in [1.54, 1.807) is 31.8 Å². The number of pyridine rings is 1. The van der Waals surface area contributed by atoms with E-state index in [-0.39, 0.29) is 0 Å². The predicted molar refractivity (Wildman–Crippen MR) is 130 cm³/mol. The molecular formula is C27H22ClN3O2. The molecule has 33 heavy (non-hydrogen) atoms. The smallest absolute Gasteiger partial charge is 0.221 e. The molecule has 0 saturated heterocycles. The number of nitrogens with zero attached hydrogens (tertiary/aromatic N) is 3. The molecule has 1 unspecified atom stereocenters. The van der Waals surface area contributed by atoms with Crippen molar-refractivity contribution in [1.82, 2.24) is 14.5 Å². The van der Waals surface area contributed by atoms with Gasteiger partial charge in [-0.2, -0.15) is 0 Å². The number of ether oxygens (including phenoxy) is 1. The summed E-state index contributed by atoms with van der Waals surface area (Å²) in [4.78, 5) is 8.96. The van der Waals surface area contributed by atoms with Crippen LogP contribution in [-0.4, -0.2) is 26.8 Å². The van der Waals surface area contributed by atoms with Crippen molar-refractivity contribution in [3.05, 3.63) is 113 Å². The van der Waals surface area contributed by atoms with Crippen LogP contribution in [0.15, 0.2) is 91.4 Å². The van der Waals surface area contributed by atoms with Gasteiger partial charge < -0.3 is 14.4 Å². The summed E-state index contributed by atoms with van der Waals surface area (Å²) in [6, 6.07) is 25.0. The van der Waals surface area contributed by atoms with Crippen LogP contribution in [0.25, 0.3) is 22.0 Å². The van der Waals surface area contributed by atoms with Crippen molar-refractivity contribution in [1.29, 1.82) is 0 Å². The van der Waals surface area contributed by atoms with Crippen LogP contribution in [0.1, 0.15) is 16.8 Å². The summed E-state index contributed by atoms with van der Waals surface area (Å²) in [5.74, 6) is 0.557. The van der Waals surface area contributed by atoms with Crippen LogP contribution < -0.4 is 4.74 Å². The lowest BCUT2D eigenvalue weighted by atomic mass is 9.83. The zero-order valence-electron chi connectivity index (χ0n) is 18.2. The molecule has 0 amide bonds. The minimum absolute atomic E-state index is 0.557. The van der Waals surface area contributed by atoms with Gasteiger partial charge in [0.25, 0.3) is 0 Å². The van der Waals surface area contributed by atoms with Gasteiger partial charge in [-0.05, 0) is 47.0 Å². The number of aliphatic hydroxyl groups is 1. The van der Waals surface area contributed by atoms with Crippen LogP contribution in [0.4, 0.5) is 0 Å². The quantitative estimate of drug-likeness (QED) is 0.375. The summed E-state index contributed by atoms with van der Waals surface area (Å²) in [5.41, 5.74) is 3.28. The number of aromatic nitrogens is 3. The first-order chi connectivity index (χ1) is 16.0. The molecule has 5 nitrogen and oxygen atoms in total. The second-order valence-electron chi connectivity index (χ2n) is 7.93. The topological polar surface area (TPSA) is 60.2 Å². The number of rotatable bonds is 5. The van der Waals surface area contributed by atoms with E-state index in [1.165, 1.54) is 0 Å². The molecule has 0 aliphatic heterocycles. The molecule has 2 aromatic heterocycles. The maximum absolute atomic E-state index is 12.2. The second-order valence-corrected chi connectivity index (χ2v) is 8.36. The number of hydrogen-bond donors (Lipinski definition) is 1. The standard InChI is InChI=1S/C27H22ClN3O2/c1-31-17-29-16-25(31)27(32,20-8-11-22(28)12-9-20)21-10-13-24-19(14-21)15-23(26(30-24)33-2)18-6-4-3-5-7-18/h3-17,32H,1-2H3. The van der Waals surface area contributed by atoms with Crippen LogP contribution >= 0.6 is 11.6 Å².